The summed E-state index contributed by atoms with van der Waals surface area (Å²) in [5, 5.41) is 5.94. The van der Waals surface area contributed by atoms with Gasteiger partial charge >= 0.3 is 0 Å². The number of hydrogen-bond acceptors (Lipinski definition) is 2. The minimum absolute atomic E-state index is 0.0377. The molecule has 1 aromatic carbocycles. The van der Waals surface area contributed by atoms with Crippen LogP contribution >= 0.6 is 0 Å². The summed E-state index contributed by atoms with van der Waals surface area (Å²) in [6, 6.07) is 1.41. The van der Waals surface area contributed by atoms with Crippen LogP contribution in [0.4, 0.5) is 18.9 Å². The number of piperidine rings is 1. The van der Waals surface area contributed by atoms with Crippen molar-refractivity contribution >= 4 is 5.69 Å². The van der Waals surface area contributed by atoms with Crippen LogP contribution in [0.25, 0.3) is 0 Å². The molecule has 1 aromatic rings. The first-order valence-electron chi connectivity index (χ1n) is 5.28. The maximum absolute atomic E-state index is 13.3. The highest BCUT2D eigenvalue weighted by atomic mass is 19.1. The lowest BCUT2D eigenvalue weighted by Crippen LogP contribution is -2.35. The van der Waals surface area contributed by atoms with E-state index in [0.29, 0.717) is 12.1 Å². The van der Waals surface area contributed by atoms with Crippen LogP contribution in [-0.2, 0) is 0 Å². The molecule has 1 heterocycles. The normalized spacial score (nSPS) is 17.4. The van der Waals surface area contributed by atoms with Gasteiger partial charge in [-0.25, -0.2) is 13.2 Å². The summed E-state index contributed by atoms with van der Waals surface area (Å²) < 4.78 is 39.3. The second-order valence-corrected chi connectivity index (χ2v) is 3.91. The van der Waals surface area contributed by atoms with Crippen molar-refractivity contribution in [2.24, 2.45) is 0 Å². The van der Waals surface area contributed by atoms with Gasteiger partial charge in [0, 0.05) is 18.2 Å². The zero-order valence-electron chi connectivity index (χ0n) is 8.69. The van der Waals surface area contributed by atoms with Gasteiger partial charge in [0.2, 0.25) is 0 Å². The molecule has 0 radical (unpaired) electrons. The molecule has 2 N–H and O–H groups in total. The third-order valence-electron chi connectivity index (χ3n) is 2.69. The van der Waals surface area contributed by atoms with Crippen LogP contribution in [0.2, 0.25) is 0 Å². The van der Waals surface area contributed by atoms with Crippen molar-refractivity contribution in [1.82, 2.24) is 5.32 Å². The third kappa shape index (κ3) is 2.47. The van der Waals surface area contributed by atoms with E-state index in [1.165, 1.54) is 0 Å². The zero-order chi connectivity index (χ0) is 11.5. The Balaban J connectivity index is 2.14. The molecule has 2 nitrogen and oxygen atoms in total. The van der Waals surface area contributed by atoms with E-state index in [9.17, 15) is 13.2 Å². The molecule has 0 aliphatic carbocycles. The van der Waals surface area contributed by atoms with Gasteiger partial charge in [0.15, 0.2) is 11.6 Å². The Kier molecular flexibility index (Phi) is 3.33. The van der Waals surface area contributed by atoms with E-state index in [1.807, 2.05) is 0 Å². The quantitative estimate of drug-likeness (QED) is 0.814. The van der Waals surface area contributed by atoms with Gasteiger partial charge in [0.25, 0.3) is 0 Å². The van der Waals surface area contributed by atoms with Crippen LogP contribution in [0.1, 0.15) is 12.8 Å². The fraction of sp³-hybridized carbons (Fsp3) is 0.455. The lowest BCUT2D eigenvalue weighted by Gasteiger charge is -2.25. The number of halogens is 3. The van der Waals surface area contributed by atoms with E-state index in [2.05, 4.69) is 10.6 Å². The summed E-state index contributed by atoms with van der Waals surface area (Å²) in [4.78, 5) is 0. The van der Waals surface area contributed by atoms with E-state index in [1.54, 1.807) is 0 Å². The van der Waals surface area contributed by atoms with Crippen LogP contribution in [0, 0.1) is 17.5 Å². The van der Waals surface area contributed by atoms with Crippen LogP contribution in [0.5, 0.6) is 0 Å². The molecule has 16 heavy (non-hydrogen) atoms. The van der Waals surface area contributed by atoms with Crippen molar-refractivity contribution in [3.63, 3.8) is 0 Å². The molecule has 1 aliphatic heterocycles. The number of hydrogen-bond donors (Lipinski definition) is 2. The van der Waals surface area contributed by atoms with Crippen molar-refractivity contribution in [3.8, 4) is 0 Å². The molecule has 1 saturated heterocycles. The Morgan fingerprint density at radius 3 is 2.19 bits per heavy atom. The number of anilines is 1. The standard InChI is InChI=1S/C11H13F3N2/c12-7-5-9(13)11(10(14)6-7)16-8-1-3-15-4-2-8/h5-6,8,15-16H,1-4H2. The molecule has 0 atom stereocenters. The van der Waals surface area contributed by atoms with Gasteiger partial charge < -0.3 is 10.6 Å². The van der Waals surface area contributed by atoms with Crippen molar-refractivity contribution in [2.45, 2.75) is 18.9 Å². The number of rotatable bonds is 2. The maximum atomic E-state index is 13.3. The van der Waals surface area contributed by atoms with E-state index >= 15 is 0 Å². The molecule has 1 aliphatic rings. The summed E-state index contributed by atoms with van der Waals surface area (Å²) in [6.07, 6.45) is 1.60. The van der Waals surface area contributed by atoms with E-state index in [0.717, 1.165) is 25.9 Å². The van der Waals surface area contributed by atoms with Gasteiger partial charge in [0.1, 0.15) is 11.5 Å². The zero-order valence-corrected chi connectivity index (χ0v) is 8.69. The van der Waals surface area contributed by atoms with Crippen LogP contribution in [0.3, 0.4) is 0 Å². The average Bonchev–Trinajstić information content (AvgIpc) is 2.25. The first kappa shape index (κ1) is 11.3. The summed E-state index contributed by atoms with van der Waals surface area (Å²) in [6.45, 7) is 1.64. The Labute approximate surface area is 91.8 Å². The first-order chi connectivity index (χ1) is 7.66. The maximum Gasteiger partial charge on any atom is 0.152 e. The molecule has 0 amide bonds. The molecular weight excluding hydrogens is 217 g/mol. The second-order valence-electron chi connectivity index (χ2n) is 3.91. The lowest BCUT2D eigenvalue weighted by atomic mass is 10.1. The van der Waals surface area contributed by atoms with Gasteiger partial charge in [-0.3, -0.25) is 0 Å². The van der Waals surface area contributed by atoms with E-state index in [-0.39, 0.29) is 11.7 Å². The van der Waals surface area contributed by atoms with Crippen molar-refractivity contribution in [1.29, 1.82) is 0 Å². The predicted molar refractivity (Wildman–Crippen MR) is 55.8 cm³/mol. The van der Waals surface area contributed by atoms with Crippen molar-refractivity contribution < 1.29 is 13.2 Å². The summed E-state index contributed by atoms with van der Waals surface area (Å²) in [5.41, 5.74) is -0.228. The molecule has 0 aromatic heterocycles. The average molecular weight is 230 g/mol. The molecular formula is C11H13F3N2. The third-order valence-corrected chi connectivity index (χ3v) is 2.69. The SMILES string of the molecule is Fc1cc(F)c(NC2CCNCC2)c(F)c1. The summed E-state index contributed by atoms with van der Waals surface area (Å²) >= 11 is 0. The highest BCUT2D eigenvalue weighted by molar-refractivity contribution is 5.47. The first-order valence-corrected chi connectivity index (χ1v) is 5.28. The van der Waals surface area contributed by atoms with Crippen molar-refractivity contribution in [3.05, 3.63) is 29.6 Å². The molecule has 2 rings (SSSR count). The topological polar surface area (TPSA) is 24.1 Å². The fourth-order valence-electron chi connectivity index (χ4n) is 1.85. The smallest absolute Gasteiger partial charge is 0.152 e. The van der Waals surface area contributed by atoms with Crippen LogP contribution in [0.15, 0.2) is 12.1 Å². The van der Waals surface area contributed by atoms with Gasteiger partial charge in [-0.15, -0.1) is 0 Å². The van der Waals surface area contributed by atoms with E-state index in [4.69, 9.17) is 0 Å². The molecule has 5 heteroatoms. The summed E-state index contributed by atoms with van der Waals surface area (Å²) in [5.74, 6) is -2.65. The van der Waals surface area contributed by atoms with Crippen LogP contribution in [-0.4, -0.2) is 19.1 Å². The molecule has 0 unspecified atom stereocenters. The Hall–Kier alpha value is -1.23. The second kappa shape index (κ2) is 4.74. The van der Waals surface area contributed by atoms with Gasteiger partial charge in [-0.2, -0.15) is 0 Å². The number of nitrogens with one attached hydrogen (secondary N) is 2. The van der Waals surface area contributed by atoms with Crippen LogP contribution < -0.4 is 10.6 Å². The largest absolute Gasteiger partial charge is 0.377 e. The van der Waals surface area contributed by atoms with E-state index < -0.39 is 17.5 Å². The highest BCUT2D eigenvalue weighted by Crippen LogP contribution is 2.22. The monoisotopic (exact) mass is 230 g/mol. The Bertz CT molecular complexity index is 352. The molecule has 0 spiro atoms. The highest BCUT2D eigenvalue weighted by Gasteiger charge is 2.17. The molecule has 1 fully saturated rings. The van der Waals surface area contributed by atoms with Crippen molar-refractivity contribution in [2.75, 3.05) is 18.4 Å². The molecule has 0 saturated carbocycles. The molecule has 0 bridgehead atoms. The van der Waals surface area contributed by atoms with Gasteiger partial charge in [0.05, 0.1) is 0 Å². The Morgan fingerprint density at radius 1 is 1.06 bits per heavy atom. The molecule has 88 valence electrons. The predicted octanol–water partition coefficient (Wildman–Crippen LogP) is 2.27. The minimum atomic E-state index is -0.897. The lowest BCUT2D eigenvalue weighted by molar-refractivity contribution is 0.471. The van der Waals surface area contributed by atoms with Gasteiger partial charge in [-0.1, -0.05) is 0 Å². The summed E-state index contributed by atoms with van der Waals surface area (Å²) in [7, 11) is 0. The fourth-order valence-corrected chi connectivity index (χ4v) is 1.85. The van der Waals surface area contributed by atoms with Gasteiger partial charge in [-0.05, 0) is 25.9 Å². The Morgan fingerprint density at radius 2 is 1.62 bits per heavy atom. The number of benzene rings is 1. The minimum Gasteiger partial charge on any atom is -0.377 e.